The summed E-state index contributed by atoms with van der Waals surface area (Å²) in [6, 6.07) is 18.2. The lowest BCUT2D eigenvalue weighted by molar-refractivity contribution is -0.0684. The molecule has 3 amide bonds. The van der Waals surface area contributed by atoms with Gasteiger partial charge in [0.1, 0.15) is 39.4 Å². The lowest BCUT2D eigenvalue weighted by Gasteiger charge is -2.36. The number of sulfonamides is 2. The molecule has 8 heterocycles. The molecule has 8 rings (SSSR count). The smallest absolute Gasteiger partial charge is 0.412 e. The molecule has 29 nitrogen and oxygen atoms in total. The third-order valence-electron chi connectivity index (χ3n) is 16.7. The van der Waals surface area contributed by atoms with Crippen LogP contribution >= 0.6 is 23.2 Å². The topological polar surface area (TPSA) is 368 Å². The lowest BCUT2D eigenvalue weighted by Crippen LogP contribution is -2.50. The Bertz CT molecular complexity index is 4070. The van der Waals surface area contributed by atoms with Crippen molar-refractivity contribution in [3.05, 3.63) is 107 Å². The van der Waals surface area contributed by atoms with Crippen molar-refractivity contribution in [1.82, 2.24) is 54.0 Å². The molecule has 2 saturated heterocycles. The average Bonchev–Trinajstić information content (AvgIpc) is 1.68. The first-order chi connectivity index (χ1) is 47.8. The number of halogens is 2. The van der Waals surface area contributed by atoms with Gasteiger partial charge in [-0.3, -0.25) is 9.69 Å². The molecule has 2 fully saturated rings. The van der Waals surface area contributed by atoms with Gasteiger partial charge in [0.05, 0.1) is 50.2 Å². The van der Waals surface area contributed by atoms with E-state index in [1.54, 1.807) is 58.6 Å². The number of carboxylic acid groups (broad SMARTS) is 1. The number of anilines is 2. The van der Waals surface area contributed by atoms with Crippen LogP contribution in [0, 0.1) is 35.5 Å². The van der Waals surface area contributed by atoms with Gasteiger partial charge in [0, 0.05) is 48.7 Å². The van der Waals surface area contributed by atoms with E-state index >= 15 is 0 Å². The van der Waals surface area contributed by atoms with Crippen molar-refractivity contribution in [1.29, 1.82) is 0 Å². The van der Waals surface area contributed by atoms with Crippen LogP contribution in [0.3, 0.4) is 0 Å². The van der Waals surface area contributed by atoms with Gasteiger partial charge in [-0.2, -0.15) is 8.42 Å². The zero-order valence-corrected chi connectivity index (χ0v) is 65.2. The van der Waals surface area contributed by atoms with Crippen molar-refractivity contribution in [2.45, 2.75) is 189 Å². The second kappa shape index (κ2) is 35.7. The summed E-state index contributed by atoms with van der Waals surface area (Å²) < 4.78 is 88.6. The molecule has 0 spiro atoms. The maximum atomic E-state index is 13.1. The van der Waals surface area contributed by atoms with Gasteiger partial charge in [-0.1, -0.05) is 90.7 Å². The minimum atomic E-state index is -4.38. The summed E-state index contributed by atoms with van der Waals surface area (Å²) in [4.78, 5) is 69.1. The van der Waals surface area contributed by atoms with Crippen LogP contribution in [0.2, 0.25) is 10.3 Å². The van der Waals surface area contributed by atoms with E-state index in [0.29, 0.717) is 110 Å². The number of hydrogen-bond donors (Lipinski definition) is 5. The fraction of sp³-hybridized carbons (Fsp3) is 0.571. The largest absolute Gasteiger partial charge is 0.478 e. The Labute approximate surface area is 615 Å². The molecule has 0 bridgehead atoms. The molecule has 568 valence electrons. The molecule has 0 aromatic carbocycles. The maximum absolute atomic E-state index is 13.1. The molecule has 2 atom stereocenters. The normalized spacial score (nSPS) is 16.0. The quantitative estimate of drug-likeness (QED) is 0.0236. The molecule has 33 heteroatoms. The summed E-state index contributed by atoms with van der Waals surface area (Å²) in [6.45, 7) is 39.1. The number of pyridine rings is 4. The van der Waals surface area contributed by atoms with E-state index in [1.165, 1.54) is 45.8 Å². The summed E-state index contributed by atoms with van der Waals surface area (Å²) in [5, 5.41) is 28.0. The Hall–Kier alpha value is -7.94. The summed E-state index contributed by atoms with van der Waals surface area (Å²) in [5.74, 6) is 2.99. The second-order valence-electron chi connectivity index (χ2n) is 29.6. The number of rotatable bonds is 27. The SMILES string of the molecule is CC(C)(C)OC(=O)N1CC(OCCNc2cccc(S(N)(=O)=O)n2)CC1(C)C.CC(C)C(COc1ccn(-c2ccc(C(=O)NS(=O)(=O)c3cccc(NCCOC4CCC(C)(C)N4C(=O)OC(C)(C)C)n3)c(Cl)n2)n1)C(C)C.CC(C)C(COc1ccn(-c2ccc(C(=O)O)c(Cl)n2)n1)C(C)C. The van der Waals surface area contributed by atoms with Crippen LogP contribution < -0.4 is 30.0 Å². The van der Waals surface area contributed by atoms with Crippen LogP contribution in [0.1, 0.15) is 165 Å². The number of nitrogens with zero attached hydrogens (tertiary/aromatic N) is 10. The van der Waals surface area contributed by atoms with E-state index < -0.39 is 61.0 Å². The number of ether oxygens (including phenoxy) is 6. The number of aromatic nitrogens is 8. The minimum absolute atomic E-state index is 0.0410. The number of nitrogens with two attached hydrogens (primary N) is 1. The zero-order valence-electron chi connectivity index (χ0n) is 62.1. The molecular weight excluding hydrogens is 1410 g/mol. The summed E-state index contributed by atoms with van der Waals surface area (Å²) in [5.41, 5.74) is -2.16. The highest BCUT2D eigenvalue weighted by molar-refractivity contribution is 7.90. The highest BCUT2D eigenvalue weighted by atomic mass is 35.5. The summed E-state index contributed by atoms with van der Waals surface area (Å²) >= 11 is 12.2. The molecule has 103 heavy (non-hydrogen) atoms. The minimum Gasteiger partial charge on any atom is -0.478 e. The molecule has 6 aromatic heterocycles. The van der Waals surface area contributed by atoms with Crippen molar-refractivity contribution in [3.63, 3.8) is 0 Å². The van der Waals surface area contributed by atoms with E-state index in [4.69, 9.17) is 61.9 Å². The first-order valence-electron chi connectivity index (χ1n) is 34.1. The predicted octanol–water partition coefficient (Wildman–Crippen LogP) is 12.2. The van der Waals surface area contributed by atoms with E-state index in [9.17, 15) is 36.0 Å². The lowest BCUT2D eigenvalue weighted by atomic mass is 9.86. The fourth-order valence-corrected chi connectivity index (χ4v) is 13.2. The van der Waals surface area contributed by atoms with Gasteiger partial charge in [0.25, 0.3) is 26.0 Å². The third-order valence-corrected chi connectivity index (χ3v) is 19.3. The monoisotopic (exact) mass is 1510 g/mol. The van der Waals surface area contributed by atoms with Gasteiger partial charge in [0.15, 0.2) is 21.7 Å². The fourth-order valence-electron chi connectivity index (χ4n) is 11.4. The van der Waals surface area contributed by atoms with E-state index in [2.05, 4.69) is 96.2 Å². The first kappa shape index (κ1) is 84.0. The van der Waals surface area contributed by atoms with Crippen molar-refractivity contribution in [2.75, 3.05) is 56.7 Å². The maximum Gasteiger partial charge on any atom is 0.412 e. The molecule has 0 radical (unpaired) electrons. The van der Waals surface area contributed by atoms with Gasteiger partial charge < -0.3 is 49.1 Å². The van der Waals surface area contributed by atoms with Gasteiger partial charge in [0.2, 0.25) is 11.8 Å². The van der Waals surface area contributed by atoms with Crippen LogP contribution in [0.25, 0.3) is 11.6 Å². The van der Waals surface area contributed by atoms with Crippen molar-refractivity contribution >= 4 is 78.9 Å². The van der Waals surface area contributed by atoms with Gasteiger partial charge in [-0.25, -0.2) is 62.0 Å². The predicted molar refractivity (Wildman–Crippen MR) is 391 cm³/mol. The highest BCUT2D eigenvalue weighted by Gasteiger charge is 2.46. The van der Waals surface area contributed by atoms with Crippen LogP contribution in [-0.2, 0) is 39.0 Å². The van der Waals surface area contributed by atoms with E-state index in [1.807, 2.05) is 74.0 Å². The number of likely N-dealkylation sites (tertiary alicyclic amines) is 2. The second-order valence-corrected chi connectivity index (χ2v) is 33.5. The Kier molecular flexibility index (Phi) is 29.1. The number of carboxylic acids is 1. The Morgan fingerprint density at radius 3 is 1.53 bits per heavy atom. The summed E-state index contributed by atoms with van der Waals surface area (Å²) in [7, 11) is -8.22. The van der Waals surface area contributed by atoms with Crippen LogP contribution in [0.4, 0.5) is 21.2 Å². The number of hydrogen-bond acceptors (Lipinski definition) is 22. The van der Waals surface area contributed by atoms with Gasteiger partial charge >= 0.3 is 18.2 Å². The Morgan fingerprint density at radius 1 is 0.621 bits per heavy atom. The van der Waals surface area contributed by atoms with Crippen molar-refractivity contribution in [3.8, 4) is 23.4 Å². The van der Waals surface area contributed by atoms with E-state index in [-0.39, 0.29) is 68.2 Å². The number of nitrogens with one attached hydrogen (secondary N) is 3. The van der Waals surface area contributed by atoms with Gasteiger partial charge in [-0.05, 0) is 173 Å². The summed E-state index contributed by atoms with van der Waals surface area (Å²) in [6.07, 6.45) is 4.11. The Balaban J connectivity index is 0.000000269. The van der Waals surface area contributed by atoms with Crippen molar-refractivity contribution in [2.24, 2.45) is 40.6 Å². The number of aromatic carboxylic acids is 1. The molecule has 6 N–H and O–H groups in total. The standard InChI is InChI=1S/C35H50ClN7O7S.C18H30N4O5S.C17H22ClN3O3/c1-22(2)25(23(3)4)21-49-28-16-19-42(40-28)27-14-13-24(31(36)39-27)32(44)41-51(46,47)29-12-10-11-26(38-29)37-18-20-48-30-15-17-35(8,9)43(30)33(45)50-34(5,6)7;1-17(2,3)27-16(23)22-12-13(11-18(22,4)5)26-10-9-20-14-7-6-8-15(21-14)28(19,24)25;1-10(2)13(11(3)4)9-24-15-7-8-21(20-15)14-6-5-12(17(22)23)16(18)19-14/h10-14,16,19,22-23,25,30H,15,17-18,20-21H2,1-9H3,(H,37,38)(H,41,44);6-8,13H,9-12H2,1-5H3,(H,20,21)(H2,19,24,25);5-8,10-11,13H,9H2,1-4H3,(H,22,23). The van der Waals surface area contributed by atoms with E-state index in [0.717, 1.165) is 6.42 Å². The number of primary sulfonamides is 1. The van der Waals surface area contributed by atoms with Crippen LogP contribution in [-0.4, -0.2) is 176 Å². The third kappa shape index (κ3) is 25.1. The number of carbonyl (C=O) groups excluding carboxylic acids is 3. The number of amides is 3. The highest BCUT2D eigenvalue weighted by Crippen LogP contribution is 2.36. The number of carbonyl (C=O) groups is 4. The first-order valence-corrected chi connectivity index (χ1v) is 37.8. The van der Waals surface area contributed by atoms with Crippen LogP contribution in [0.5, 0.6) is 11.8 Å². The molecular formula is C70H102Cl2N14O15S2. The molecule has 0 saturated carbocycles. The molecule has 2 aliphatic rings. The molecule has 2 unspecified atom stereocenters. The molecule has 6 aromatic rings. The molecule has 2 aliphatic heterocycles. The van der Waals surface area contributed by atoms with Crippen LogP contribution in [0.15, 0.2) is 95.2 Å². The Morgan fingerprint density at radius 2 is 1.08 bits per heavy atom. The zero-order chi connectivity index (χ0) is 76.7. The van der Waals surface area contributed by atoms with Crippen molar-refractivity contribution < 1.29 is 69.5 Å². The van der Waals surface area contributed by atoms with Gasteiger partial charge in [-0.15, -0.1) is 10.2 Å². The molecule has 0 aliphatic carbocycles. The average molecular weight is 1510 g/mol.